The van der Waals surface area contributed by atoms with E-state index >= 15 is 0 Å². The van der Waals surface area contributed by atoms with Gasteiger partial charge in [-0.2, -0.15) is 0 Å². The largest absolute Gasteiger partial charge is 0.481 e. The van der Waals surface area contributed by atoms with E-state index in [1.165, 1.54) is 11.8 Å². The maximum absolute atomic E-state index is 10.6. The Hall–Kier alpha value is -1.01. The Morgan fingerprint density at radius 1 is 1.76 bits per heavy atom. The van der Waals surface area contributed by atoms with Crippen molar-refractivity contribution in [3.05, 3.63) is 11.9 Å². The van der Waals surface area contributed by atoms with Crippen molar-refractivity contribution in [1.82, 2.24) is 9.55 Å². The van der Waals surface area contributed by atoms with E-state index in [1.807, 2.05) is 13.1 Å². The summed E-state index contributed by atoms with van der Waals surface area (Å²) >= 11 is 1.26. The van der Waals surface area contributed by atoms with Crippen LogP contribution in [0, 0.1) is 6.92 Å². The minimum absolute atomic E-state index is 0.0351. The van der Waals surface area contributed by atoms with Gasteiger partial charge in [-0.05, 0) is 20.3 Å². The molecule has 6 heteroatoms. The monoisotopic (exact) mass is 256 g/mol. The summed E-state index contributed by atoms with van der Waals surface area (Å²) in [5.41, 5.74) is 0.813. The lowest BCUT2D eigenvalue weighted by atomic mass is 10.0. The SMILES string of the molecule is Cc1cn(C2(C)CCOC2)c(SCC(=O)O)n1. The number of carbonyl (C=O) groups is 1. The number of thioether (sulfide) groups is 1. The molecule has 2 rings (SSSR count). The molecule has 1 aliphatic rings. The third-order valence-corrected chi connectivity index (χ3v) is 3.84. The Balaban J connectivity index is 2.23. The summed E-state index contributed by atoms with van der Waals surface area (Å²) in [7, 11) is 0. The number of aromatic nitrogens is 2. The summed E-state index contributed by atoms with van der Waals surface area (Å²) in [5, 5.41) is 9.48. The third-order valence-electron chi connectivity index (χ3n) is 2.90. The zero-order chi connectivity index (χ0) is 12.5. The number of aliphatic carboxylic acids is 1. The Bertz CT molecular complexity index is 424. The molecule has 0 radical (unpaired) electrons. The fourth-order valence-corrected chi connectivity index (χ4v) is 2.81. The maximum atomic E-state index is 10.6. The highest BCUT2D eigenvalue weighted by Crippen LogP contribution is 2.31. The summed E-state index contributed by atoms with van der Waals surface area (Å²) in [4.78, 5) is 15.0. The lowest BCUT2D eigenvalue weighted by molar-refractivity contribution is -0.133. The highest BCUT2D eigenvalue weighted by Gasteiger charge is 2.33. The smallest absolute Gasteiger partial charge is 0.313 e. The van der Waals surface area contributed by atoms with Crippen molar-refractivity contribution >= 4 is 17.7 Å². The summed E-state index contributed by atoms with van der Waals surface area (Å²) in [5.74, 6) is -0.789. The van der Waals surface area contributed by atoms with E-state index in [9.17, 15) is 4.79 Å². The second-order valence-corrected chi connectivity index (χ2v) is 5.46. The second-order valence-electron chi connectivity index (χ2n) is 4.52. The molecule has 1 aromatic rings. The van der Waals surface area contributed by atoms with Crippen LogP contribution in [0.2, 0.25) is 0 Å². The van der Waals surface area contributed by atoms with Gasteiger partial charge in [-0.3, -0.25) is 4.79 Å². The van der Waals surface area contributed by atoms with Crippen LogP contribution in [0.1, 0.15) is 19.0 Å². The summed E-state index contributed by atoms with van der Waals surface area (Å²) in [6.45, 7) is 5.44. The summed E-state index contributed by atoms with van der Waals surface area (Å²) in [6.07, 6.45) is 2.91. The lowest BCUT2D eigenvalue weighted by Gasteiger charge is -2.25. The first-order valence-corrected chi connectivity index (χ1v) is 6.49. The van der Waals surface area contributed by atoms with E-state index in [4.69, 9.17) is 9.84 Å². The molecule has 94 valence electrons. The molecule has 2 heterocycles. The van der Waals surface area contributed by atoms with Gasteiger partial charge in [0.15, 0.2) is 5.16 Å². The van der Waals surface area contributed by atoms with Crippen LogP contribution in [0.4, 0.5) is 0 Å². The predicted molar refractivity (Wildman–Crippen MR) is 64.4 cm³/mol. The first-order chi connectivity index (χ1) is 8.01. The molecule has 0 saturated carbocycles. The third kappa shape index (κ3) is 2.63. The van der Waals surface area contributed by atoms with Crippen molar-refractivity contribution in [1.29, 1.82) is 0 Å². The molecule has 1 unspecified atom stereocenters. The lowest BCUT2D eigenvalue weighted by Crippen LogP contribution is -2.30. The standard InChI is InChI=1S/C11H16N2O3S/c1-8-5-13(11(2)3-4-16-7-11)10(12-8)17-6-9(14)15/h5H,3-4,6-7H2,1-2H3,(H,14,15). The molecular formula is C11H16N2O3S. The maximum Gasteiger partial charge on any atom is 0.313 e. The van der Waals surface area contributed by atoms with Crippen LogP contribution in [0.25, 0.3) is 0 Å². The average molecular weight is 256 g/mol. The van der Waals surface area contributed by atoms with Crippen LogP contribution in [0.3, 0.4) is 0 Å². The van der Waals surface area contributed by atoms with Gasteiger partial charge in [0.2, 0.25) is 0 Å². The van der Waals surface area contributed by atoms with E-state index in [1.54, 1.807) is 0 Å². The molecule has 1 aromatic heterocycles. The van der Waals surface area contributed by atoms with Gasteiger partial charge < -0.3 is 14.4 Å². The topological polar surface area (TPSA) is 64.3 Å². The number of carboxylic acids is 1. The molecule has 0 amide bonds. The minimum Gasteiger partial charge on any atom is -0.481 e. The number of imidazole rings is 1. The number of nitrogens with zero attached hydrogens (tertiary/aromatic N) is 2. The van der Waals surface area contributed by atoms with Gasteiger partial charge in [-0.1, -0.05) is 11.8 Å². The zero-order valence-corrected chi connectivity index (χ0v) is 10.8. The fraction of sp³-hybridized carbons (Fsp3) is 0.636. The van der Waals surface area contributed by atoms with Gasteiger partial charge >= 0.3 is 5.97 Å². The molecule has 1 saturated heterocycles. The van der Waals surface area contributed by atoms with Crippen molar-refractivity contribution in [2.24, 2.45) is 0 Å². The number of carboxylic acid groups (broad SMARTS) is 1. The zero-order valence-electron chi connectivity index (χ0n) is 9.97. The normalized spacial score (nSPS) is 24.1. The van der Waals surface area contributed by atoms with E-state index in [2.05, 4.69) is 16.5 Å². The van der Waals surface area contributed by atoms with Gasteiger partial charge in [0.1, 0.15) is 0 Å². The van der Waals surface area contributed by atoms with Gasteiger partial charge in [0.05, 0.1) is 23.6 Å². The molecule has 1 fully saturated rings. The molecule has 0 spiro atoms. The van der Waals surface area contributed by atoms with Crippen molar-refractivity contribution in [3.8, 4) is 0 Å². The Labute approximate surface area is 104 Å². The summed E-state index contributed by atoms with van der Waals surface area (Å²) in [6, 6.07) is 0. The highest BCUT2D eigenvalue weighted by molar-refractivity contribution is 7.99. The molecule has 1 N–H and O–H groups in total. The van der Waals surface area contributed by atoms with Crippen LogP contribution in [0.15, 0.2) is 11.4 Å². The highest BCUT2D eigenvalue weighted by atomic mass is 32.2. The number of hydrogen-bond acceptors (Lipinski definition) is 4. The average Bonchev–Trinajstić information content (AvgIpc) is 2.83. The van der Waals surface area contributed by atoms with E-state index in [0.717, 1.165) is 23.9 Å². The van der Waals surface area contributed by atoms with Crippen LogP contribution in [-0.2, 0) is 15.1 Å². The van der Waals surface area contributed by atoms with Crippen LogP contribution < -0.4 is 0 Å². The molecule has 1 aliphatic heterocycles. The minimum atomic E-state index is -0.824. The number of rotatable bonds is 4. The first kappa shape index (κ1) is 12.4. The molecular weight excluding hydrogens is 240 g/mol. The summed E-state index contributed by atoms with van der Waals surface area (Å²) < 4.78 is 7.49. The van der Waals surface area contributed by atoms with Gasteiger partial charge in [-0.25, -0.2) is 4.98 Å². The van der Waals surface area contributed by atoms with E-state index < -0.39 is 5.97 Å². The predicted octanol–water partition coefficient (Wildman–Crippen LogP) is 1.50. The molecule has 17 heavy (non-hydrogen) atoms. The quantitative estimate of drug-likeness (QED) is 0.827. The number of ether oxygens (including phenoxy) is 1. The Morgan fingerprint density at radius 3 is 3.12 bits per heavy atom. The van der Waals surface area contributed by atoms with E-state index in [-0.39, 0.29) is 11.3 Å². The Morgan fingerprint density at radius 2 is 2.53 bits per heavy atom. The van der Waals surface area contributed by atoms with Crippen molar-refractivity contribution in [2.75, 3.05) is 19.0 Å². The van der Waals surface area contributed by atoms with Crippen LogP contribution in [0.5, 0.6) is 0 Å². The van der Waals surface area contributed by atoms with Crippen molar-refractivity contribution in [3.63, 3.8) is 0 Å². The molecule has 0 aliphatic carbocycles. The number of hydrogen-bond donors (Lipinski definition) is 1. The van der Waals surface area contributed by atoms with Crippen molar-refractivity contribution < 1.29 is 14.6 Å². The number of aryl methyl sites for hydroxylation is 1. The van der Waals surface area contributed by atoms with Gasteiger partial charge in [0.25, 0.3) is 0 Å². The molecule has 0 aromatic carbocycles. The van der Waals surface area contributed by atoms with Crippen molar-refractivity contribution in [2.45, 2.75) is 31.0 Å². The Kier molecular flexibility index (Phi) is 3.44. The first-order valence-electron chi connectivity index (χ1n) is 5.50. The molecule has 5 nitrogen and oxygen atoms in total. The van der Waals surface area contributed by atoms with Crippen LogP contribution >= 0.6 is 11.8 Å². The second kappa shape index (κ2) is 4.70. The molecule has 1 atom stereocenters. The van der Waals surface area contributed by atoms with E-state index in [0.29, 0.717) is 6.61 Å². The fourth-order valence-electron chi connectivity index (χ4n) is 1.94. The molecule has 0 bridgehead atoms. The van der Waals surface area contributed by atoms with Gasteiger partial charge in [-0.15, -0.1) is 0 Å². The van der Waals surface area contributed by atoms with Crippen LogP contribution in [-0.4, -0.2) is 39.6 Å². The van der Waals surface area contributed by atoms with Gasteiger partial charge in [0, 0.05) is 12.8 Å².